The first-order chi connectivity index (χ1) is 8.58. The van der Waals surface area contributed by atoms with Crippen molar-refractivity contribution in [3.63, 3.8) is 0 Å². The maximum Gasteiger partial charge on any atom is 0.263 e. The molecule has 0 bridgehead atoms. The molecule has 0 aliphatic heterocycles. The Morgan fingerprint density at radius 1 is 1.50 bits per heavy atom. The average Bonchev–Trinajstić information content (AvgIpc) is 2.81. The first kappa shape index (κ1) is 14.7. The van der Waals surface area contributed by atoms with Crippen LogP contribution in [0.4, 0.5) is 0 Å². The minimum atomic E-state index is 0.0589. The Morgan fingerprint density at radius 3 is 2.72 bits per heavy atom. The van der Waals surface area contributed by atoms with Crippen LogP contribution in [0.15, 0.2) is 12.1 Å². The second-order valence-corrected chi connectivity index (χ2v) is 5.84. The molecule has 98 valence electrons. The molecule has 4 heteroatoms. The van der Waals surface area contributed by atoms with Gasteiger partial charge in [-0.1, -0.05) is 20.8 Å². The summed E-state index contributed by atoms with van der Waals surface area (Å²) in [5, 5.41) is 8.66. The Bertz CT molecular complexity index is 431. The predicted octanol–water partition coefficient (Wildman–Crippen LogP) is 3.32. The van der Waals surface area contributed by atoms with Crippen molar-refractivity contribution in [2.24, 2.45) is 5.92 Å². The van der Waals surface area contributed by atoms with Crippen LogP contribution in [0.1, 0.15) is 41.7 Å². The fourth-order valence-corrected chi connectivity index (χ4v) is 2.66. The predicted molar refractivity (Wildman–Crippen MR) is 74.7 cm³/mol. The molecule has 1 aromatic heterocycles. The number of carbonyl (C=O) groups is 1. The molecule has 0 fully saturated rings. The van der Waals surface area contributed by atoms with E-state index in [-0.39, 0.29) is 5.91 Å². The standard InChI is InChI=1S/C14H20N2OS/c1-4-12-6-7-13(18-12)14(17)16(9-5-8-15)10-11(2)3/h6-7,11H,4-5,9-10H2,1-3H3. The van der Waals surface area contributed by atoms with Crippen molar-refractivity contribution in [2.45, 2.75) is 33.6 Å². The highest BCUT2D eigenvalue weighted by molar-refractivity contribution is 7.14. The number of thiophene rings is 1. The minimum absolute atomic E-state index is 0.0589. The van der Waals surface area contributed by atoms with Gasteiger partial charge in [0.1, 0.15) is 0 Å². The van der Waals surface area contributed by atoms with Crippen LogP contribution in [-0.4, -0.2) is 23.9 Å². The highest BCUT2D eigenvalue weighted by Crippen LogP contribution is 2.19. The smallest absolute Gasteiger partial charge is 0.263 e. The quantitative estimate of drug-likeness (QED) is 0.791. The summed E-state index contributed by atoms with van der Waals surface area (Å²) >= 11 is 1.56. The van der Waals surface area contributed by atoms with Gasteiger partial charge in [0.05, 0.1) is 17.4 Å². The van der Waals surface area contributed by atoms with Gasteiger partial charge in [-0.3, -0.25) is 4.79 Å². The molecule has 0 aliphatic rings. The first-order valence-corrected chi connectivity index (χ1v) is 7.15. The third kappa shape index (κ3) is 4.15. The van der Waals surface area contributed by atoms with Crippen LogP contribution in [0.5, 0.6) is 0 Å². The molecular weight excluding hydrogens is 244 g/mol. The summed E-state index contributed by atoms with van der Waals surface area (Å²) in [7, 11) is 0. The van der Waals surface area contributed by atoms with Gasteiger partial charge in [0.2, 0.25) is 0 Å². The Labute approximate surface area is 113 Å². The molecule has 0 aromatic carbocycles. The second kappa shape index (κ2) is 7.17. The van der Waals surface area contributed by atoms with Crippen LogP contribution in [0, 0.1) is 17.2 Å². The molecule has 1 rings (SSSR count). The van der Waals surface area contributed by atoms with E-state index >= 15 is 0 Å². The molecule has 0 saturated heterocycles. The monoisotopic (exact) mass is 264 g/mol. The van der Waals surface area contributed by atoms with E-state index in [0.29, 0.717) is 25.4 Å². The summed E-state index contributed by atoms with van der Waals surface area (Å²) in [5.41, 5.74) is 0. The van der Waals surface area contributed by atoms with E-state index in [0.717, 1.165) is 11.3 Å². The van der Waals surface area contributed by atoms with Gasteiger partial charge in [0.15, 0.2) is 0 Å². The lowest BCUT2D eigenvalue weighted by atomic mass is 10.2. The second-order valence-electron chi connectivity index (χ2n) is 4.67. The number of nitrogens with zero attached hydrogens (tertiary/aromatic N) is 2. The third-order valence-electron chi connectivity index (χ3n) is 2.59. The number of rotatable bonds is 6. The van der Waals surface area contributed by atoms with Crippen molar-refractivity contribution >= 4 is 17.2 Å². The molecule has 1 amide bonds. The molecule has 0 spiro atoms. The molecule has 0 unspecified atom stereocenters. The zero-order valence-corrected chi connectivity index (χ0v) is 12.1. The van der Waals surface area contributed by atoms with Gasteiger partial charge < -0.3 is 4.90 Å². The zero-order valence-electron chi connectivity index (χ0n) is 11.3. The third-order valence-corrected chi connectivity index (χ3v) is 3.80. The minimum Gasteiger partial charge on any atom is -0.337 e. The van der Waals surface area contributed by atoms with E-state index in [1.807, 2.05) is 12.1 Å². The Morgan fingerprint density at radius 2 is 2.22 bits per heavy atom. The fourth-order valence-electron chi connectivity index (χ4n) is 1.74. The molecule has 1 heterocycles. The van der Waals surface area contributed by atoms with Gasteiger partial charge >= 0.3 is 0 Å². The maximum atomic E-state index is 12.3. The van der Waals surface area contributed by atoms with E-state index in [1.165, 1.54) is 4.88 Å². The average molecular weight is 264 g/mol. The number of hydrogen-bond acceptors (Lipinski definition) is 3. The van der Waals surface area contributed by atoms with Crippen molar-refractivity contribution in [1.29, 1.82) is 5.26 Å². The number of amides is 1. The fraction of sp³-hybridized carbons (Fsp3) is 0.571. The van der Waals surface area contributed by atoms with Crippen LogP contribution in [0.25, 0.3) is 0 Å². The lowest BCUT2D eigenvalue weighted by molar-refractivity contribution is 0.0745. The molecule has 1 aromatic rings. The van der Waals surface area contributed by atoms with Crippen LogP contribution >= 0.6 is 11.3 Å². The number of hydrogen-bond donors (Lipinski definition) is 0. The molecule has 0 radical (unpaired) electrons. The lowest BCUT2D eigenvalue weighted by Crippen LogP contribution is -2.34. The van der Waals surface area contributed by atoms with Gasteiger partial charge in [0, 0.05) is 18.0 Å². The summed E-state index contributed by atoms with van der Waals surface area (Å²) in [5.74, 6) is 0.474. The molecule has 3 nitrogen and oxygen atoms in total. The number of carbonyl (C=O) groups excluding carboxylic acids is 1. The van der Waals surface area contributed by atoms with E-state index < -0.39 is 0 Å². The van der Waals surface area contributed by atoms with Crippen molar-refractivity contribution in [1.82, 2.24) is 4.90 Å². The largest absolute Gasteiger partial charge is 0.337 e. The summed E-state index contributed by atoms with van der Waals surface area (Å²) in [6.07, 6.45) is 1.35. The van der Waals surface area contributed by atoms with Gasteiger partial charge in [-0.15, -0.1) is 11.3 Å². The van der Waals surface area contributed by atoms with Crippen molar-refractivity contribution in [3.8, 4) is 6.07 Å². The van der Waals surface area contributed by atoms with Gasteiger partial charge in [-0.25, -0.2) is 0 Å². The van der Waals surface area contributed by atoms with Crippen LogP contribution in [-0.2, 0) is 6.42 Å². The van der Waals surface area contributed by atoms with E-state index in [9.17, 15) is 4.79 Å². The summed E-state index contributed by atoms with van der Waals surface area (Å²) in [6, 6.07) is 6.01. The van der Waals surface area contributed by atoms with Crippen molar-refractivity contribution in [2.75, 3.05) is 13.1 Å². The molecule has 18 heavy (non-hydrogen) atoms. The molecule has 0 aliphatic carbocycles. The molecular formula is C14H20N2OS. The Hall–Kier alpha value is -1.34. The van der Waals surface area contributed by atoms with Gasteiger partial charge in [-0.05, 0) is 24.5 Å². The number of nitriles is 1. The van der Waals surface area contributed by atoms with Gasteiger partial charge in [-0.2, -0.15) is 5.26 Å². The highest BCUT2D eigenvalue weighted by atomic mass is 32.1. The zero-order chi connectivity index (χ0) is 13.5. The first-order valence-electron chi connectivity index (χ1n) is 6.33. The molecule has 0 atom stereocenters. The topological polar surface area (TPSA) is 44.1 Å². The van der Waals surface area contributed by atoms with Crippen LogP contribution in [0.3, 0.4) is 0 Å². The van der Waals surface area contributed by atoms with E-state index in [4.69, 9.17) is 5.26 Å². The summed E-state index contributed by atoms with van der Waals surface area (Å²) in [4.78, 5) is 16.1. The van der Waals surface area contributed by atoms with Crippen molar-refractivity contribution < 1.29 is 4.79 Å². The van der Waals surface area contributed by atoms with E-state index in [1.54, 1.807) is 16.2 Å². The Balaban J connectivity index is 2.77. The summed E-state index contributed by atoms with van der Waals surface area (Å²) in [6.45, 7) is 7.48. The summed E-state index contributed by atoms with van der Waals surface area (Å²) < 4.78 is 0. The van der Waals surface area contributed by atoms with Crippen LogP contribution in [0.2, 0.25) is 0 Å². The molecule has 0 saturated carbocycles. The van der Waals surface area contributed by atoms with Gasteiger partial charge in [0.25, 0.3) is 5.91 Å². The Kier molecular flexibility index (Phi) is 5.87. The maximum absolute atomic E-state index is 12.3. The van der Waals surface area contributed by atoms with Crippen LogP contribution < -0.4 is 0 Å². The normalized spacial score (nSPS) is 10.4. The highest BCUT2D eigenvalue weighted by Gasteiger charge is 2.18. The molecule has 0 N–H and O–H groups in total. The number of aryl methyl sites for hydroxylation is 1. The lowest BCUT2D eigenvalue weighted by Gasteiger charge is -2.22. The van der Waals surface area contributed by atoms with Crippen molar-refractivity contribution in [3.05, 3.63) is 21.9 Å². The van der Waals surface area contributed by atoms with E-state index in [2.05, 4.69) is 26.8 Å². The SMILES string of the molecule is CCc1ccc(C(=O)N(CCC#N)CC(C)C)s1.